The van der Waals surface area contributed by atoms with E-state index in [0.29, 0.717) is 5.78 Å². The minimum Gasteiger partial charge on any atom is -0.497 e. The maximum atomic E-state index is 11.3. The molecule has 0 aliphatic heterocycles. The Labute approximate surface area is 103 Å². The topological polar surface area (TPSA) is 26.3 Å². The quantitative estimate of drug-likeness (QED) is 0.795. The van der Waals surface area contributed by atoms with Crippen LogP contribution in [0.1, 0.15) is 38.2 Å². The van der Waals surface area contributed by atoms with E-state index in [4.69, 9.17) is 4.74 Å². The van der Waals surface area contributed by atoms with Gasteiger partial charge in [-0.2, -0.15) is 0 Å². The molecule has 0 amide bonds. The Morgan fingerprint density at radius 1 is 1.29 bits per heavy atom. The molecule has 0 N–H and O–H groups in total. The fourth-order valence-electron chi connectivity index (χ4n) is 2.55. The lowest BCUT2D eigenvalue weighted by molar-refractivity contribution is -0.118. The van der Waals surface area contributed by atoms with Crippen molar-refractivity contribution in [3.05, 3.63) is 29.8 Å². The van der Waals surface area contributed by atoms with Crippen LogP contribution in [0.2, 0.25) is 0 Å². The fraction of sp³-hybridized carbons (Fsp3) is 0.533. The molecule has 17 heavy (non-hydrogen) atoms. The second-order valence-corrected chi connectivity index (χ2v) is 5.37. The van der Waals surface area contributed by atoms with Crippen molar-refractivity contribution in [1.82, 2.24) is 0 Å². The Kier molecular flexibility index (Phi) is 3.51. The molecule has 2 rings (SSSR count). The van der Waals surface area contributed by atoms with Crippen molar-refractivity contribution >= 4 is 5.78 Å². The predicted molar refractivity (Wildman–Crippen MR) is 68.3 cm³/mol. The van der Waals surface area contributed by atoms with Crippen molar-refractivity contribution in [3.8, 4) is 5.75 Å². The summed E-state index contributed by atoms with van der Waals surface area (Å²) in [5.74, 6) is 1.33. The van der Waals surface area contributed by atoms with Crippen LogP contribution in [0.5, 0.6) is 5.75 Å². The van der Waals surface area contributed by atoms with Crippen molar-refractivity contribution in [2.45, 2.75) is 39.0 Å². The first kappa shape index (κ1) is 12.2. The molecular weight excluding hydrogens is 212 g/mol. The van der Waals surface area contributed by atoms with Gasteiger partial charge in [0.1, 0.15) is 11.5 Å². The highest BCUT2D eigenvalue weighted by Gasteiger charge is 2.33. The lowest BCUT2D eigenvalue weighted by Gasteiger charge is -2.22. The van der Waals surface area contributed by atoms with Crippen LogP contribution in [-0.4, -0.2) is 12.9 Å². The molecule has 92 valence electrons. The summed E-state index contributed by atoms with van der Waals surface area (Å²) in [7, 11) is 1.68. The molecule has 0 saturated heterocycles. The highest BCUT2D eigenvalue weighted by atomic mass is 16.5. The molecule has 1 aromatic carbocycles. The van der Waals surface area contributed by atoms with Crippen molar-refractivity contribution < 1.29 is 9.53 Å². The first-order valence-corrected chi connectivity index (χ1v) is 6.26. The Hall–Kier alpha value is -1.31. The van der Waals surface area contributed by atoms with Crippen molar-refractivity contribution in [2.75, 3.05) is 7.11 Å². The monoisotopic (exact) mass is 232 g/mol. The minimum atomic E-state index is 0.233. The highest BCUT2D eigenvalue weighted by Crippen LogP contribution is 2.39. The Bertz CT molecular complexity index is 394. The van der Waals surface area contributed by atoms with Gasteiger partial charge in [0.15, 0.2) is 0 Å². The van der Waals surface area contributed by atoms with Crippen LogP contribution in [0, 0.1) is 5.41 Å². The van der Waals surface area contributed by atoms with Crippen molar-refractivity contribution in [2.24, 2.45) is 5.41 Å². The number of hydrogen-bond acceptors (Lipinski definition) is 2. The zero-order valence-corrected chi connectivity index (χ0v) is 10.7. The van der Waals surface area contributed by atoms with Gasteiger partial charge in [-0.25, -0.2) is 0 Å². The Morgan fingerprint density at radius 3 is 2.53 bits per heavy atom. The van der Waals surface area contributed by atoms with Gasteiger partial charge in [0, 0.05) is 12.8 Å². The van der Waals surface area contributed by atoms with E-state index in [1.807, 2.05) is 12.1 Å². The van der Waals surface area contributed by atoms with Crippen LogP contribution in [-0.2, 0) is 11.2 Å². The molecule has 1 saturated carbocycles. The minimum absolute atomic E-state index is 0.233. The fourth-order valence-corrected chi connectivity index (χ4v) is 2.55. The third-order valence-electron chi connectivity index (χ3n) is 3.81. The molecule has 2 nitrogen and oxygen atoms in total. The summed E-state index contributed by atoms with van der Waals surface area (Å²) in [5, 5.41) is 0. The largest absolute Gasteiger partial charge is 0.497 e. The SMILES string of the molecule is COc1ccc(CCC2(C)CCC(=O)C2)cc1. The smallest absolute Gasteiger partial charge is 0.133 e. The van der Waals surface area contributed by atoms with E-state index in [1.54, 1.807) is 7.11 Å². The average molecular weight is 232 g/mol. The van der Waals surface area contributed by atoms with Gasteiger partial charge >= 0.3 is 0 Å². The Morgan fingerprint density at radius 2 is 2.00 bits per heavy atom. The average Bonchev–Trinajstić information content (AvgIpc) is 2.68. The summed E-state index contributed by atoms with van der Waals surface area (Å²) in [5.41, 5.74) is 1.56. The normalized spacial score (nSPS) is 24.0. The van der Waals surface area contributed by atoms with Gasteiger partial charge in [-0.3, -0.25) is 4.79 Å². The van der Waals surface area contributed by atoms with Gasteiger partial charge in [-0.05, 0) is 42.4 Å². The maximum absolute atomic E-state index is 11.3. The summed E-state index contributed by atoms with van der Waals surface area (Å²) < 4.78 is 5.14. The van der Waals surface area contributed by atoms with E-state index in [-0.39, 0.29) is 5.41 Å². The number of Topliss-reactive ketones (excluding diaryl/α,β-unsaturated/α-hetero) is 1. The highest BCUT2D eigenvalue weighted by molar-refractivity contribution is 5.81. The summed E-state index contributed by atoms with van der Waals surface area (Å²) in [4.78, 5) is 11.3. The van der Waals surface area contributed by atoms with Gasteiger partial charge in [-0.1, -0.05) is 19.1 Å². The number of rotatable bonds is 4. The zero-order chi connectivity index (χ0) is 12.3. The van der Waals surface area contributed by atoms with E-state index in [9.17, 15) is 4.79 Å². The van der Waals surface area contributed by atoms with Crippen LogP contribution < -0.4 is 4.74 Å². The predicted octanol–water partition coefficient (Wildman–Crippen LogP) is 3.39. The van der Waals surface area contributed by atoms with Crippen LogP contribution in [0.4, 0.5) is 0 Å². The molecule has 1 aliphatic carbocycles. The molecule has 1 unspecified atom stereocenters. The molecule has 1 aliphatic rings. The first-order chi connectivity index (χ1) is 8.11. The molecule has 1 atom stereocenters. The summed E-state index contributed by atoms with van der Waals surface area (Å²) in [6.07, 6.45) is 4.75. The number of benzene rings is 1. The zero-order valence-electron chi connectivity index (χ0n) is 10.7. The third-order valence-corrected chi connectivity index (χ3v) is 3.81. The van der Waals surface area contributed by atoms with E-state index in [1.165, 1.54) is 5.56 Å². The summed E-state index contributed by atoms with van der Waals surface area (Å²) in [6, 6.07) is 8.22. The number of carbonyl (C=O) groups excluding carboxylic acids is 1. The van der Waals surface area contributed by atoms with E-state index < -0.39 is 0 Å². The number of ether oxygens (including phenoxy) is 1. The van der Waals surface area contributed by atoms with Gasteiger partial charge in [0.25, 0.3) is 0 Å². The molecule has 0 spiro atoms. The molecule has 1 aromatic rings. The number of aryl methyl sites for hydroxylation is 1. The molecular formula is C15H20O2. The van der Waals surface area contributed by atoms with Crippen molar-refractivity contribution in [3.63, 3.8) is 0 Å². The number of ketones is 1. The van der Waals surface area contributed by atoms with Crippen LogP contribution in [0.3, 0.4) is 0 Å². The van der Waals surface area contributed by atoms with E-state index in [2.05, 4.69) is 19.1 Å². The van der Waals surface area contributed by atoms with E-state index in [0.717, 1.165) is 37.9 Å². The van der Waals surface area contributed by atoms with Gasteiger partial charge in [0.2, 0.25) is 0 Å². The number of methoxy groups -OCH3 is 1. The van der Waals surface area contributed by atoms with Gasteiger partial charge in [-0.15, -0.1) is 0 Å². The first-order valence-electron chi connectivity index (χ1n) is 6.26. The number of carbonyl (C=O) groups is 1. The molecule has 0 aromatic heterocycles. The molecule has 0 bridgehead atoms. The second-order valence-electron chi connectivity index (χ2n) is 5.37. The van der Waals surface area contributed by atoms with Gasteiger partial charge in [0.05, 0.1) is 7.11 Å². The second kappa shape index (κ2) is 4.91. The summed E-state index contributed by atoms with van der Waals surface area (Å²) in [6.45, 7) is 2.24. The Balaban J connectivity index is 1.91. The molecule has 1 fully saturated rings. The summed E-state index contributed by atoms with van der Waals surface area (Å²) >= 11 is 0. The standard InChI is InChI=1S/C15H20O2/c1-15(10-8-13(16)11-15)9-7-12-3-5-14(17-2)6-4-12/h3-6H,7-11H2,1-2H3. The number of hydrogen-bond donors (Lipinski definition) is 0. The van der Waals surface area contributed by atoms with Crippen LogP contribution in [0.25, 0.3) is 0 Å². The third kappa shape index (κ3) is 3.09. The maximum Gasteiger partial charge on any atom is 0.133 e. The molecule has 2 heteroatoms. The molecule has 0 heterocycles. The van der Waals surface area contributed by atoms with Crippen LogP contribution in [0.15, 0.2) is 24.3 Å². The van der Waals surface area contributed by atoms with E-state index >= 15 is 0 Å². The lowest BCUT2D eigenvalue weighted by atomic mass is 9.82. The van der Waals surface area contributed by atoms with Crippen LogP contribution >= 0.6 is 0 Å². The lowest BCUT2D eigenvalue weighted by Crippen LogP contribution is -2.13. The molecule has 0 radical (unpaired) electrons. The van der Waals surface area contributed by atoms with Crippen molar-refractivity contribution in [1.29, 1.82) is 0 Å². The van der Waals surface area contributed by atoms with Gasteiger partial charge < -0.3 is 4.74 Å².